The molecule has 0 aliphatic carbocycles. The third kappa shape index (κ3) is 5.80. The third-order valence-corrected chi connectivity index (χ3v) is 9.01. The Morgan fingerprint density at radius 2 is 1.95 bits per heavy atom. The minimum absolute atomic E-state index is 0.128. The van der Waals surface area contributed by atoms with E-state index < -0.39 is 15.9 Å². The lowest BCUT2D eigenvalue weighted by Crippen LogP contribution is -2.57. The Kier molecular flexibility index (Phi) is 7.67. The number of piperidine rings is 1. The molecule has 4 heterocycles. The van der Waals surface area contributed by atoms with Crippen molar-refractivity contribution in [2.24, 2.45) is 5.92 Å². The smallest absolute Gasteiger partial charge is 0.227 e. The van der Waals surface area contributed by atoms with Gasteiger partial charge in [-0.15, -0.1) is 0 Å². The molecule has 0 bridgehead atoms. The fraction of sp³-hybridized carbons (Fsp3) is 0.536. The van der Waals surface area contributed by atoms with E-state index >= 15 is 0 Å². The Morgan fingerprint density at radius 3 is 2.64 bits per heavy atom. The summed E-state index contributed by atoms with van der Waals surface area (Å²) < 4.78 is 29.1. The topological polar surface area (TPSA) is 121 Å². The largest absolute Gasteiger partial charge is 0.390 e. The number of ether oxygens (including phenoxy) is 1. The first-order valence-corrected chi connectivity index (χ1v) is 15.5. The molecule has 2 aliphatic rings. The zero-order chi connectivity index (χ0) is 27.9. The second-order valence-corrected chi connectivity index (χ2v) is 13.3. The first-order chi connectivity index (χ1) is 18.5. The summed E-state index contributed by atoms with van der Waals surface area (Å²) in [5, 5.41) is 15.6. The van der Waals surface area contributed by atoms with Gasteiger partial charge in [0.25, 0.3) is 0 Å². The van der Waals surface area contributed by atoms with Crippen molar-refractivity contribution < 1.29 is 18.3 Å². The van der Waals surface area contributed by atoms with E-state index in [1.165, 1.54) is 11.8 Å². The van der Waals surface area contributed by atoms with Gasteiger partial charge in [-0.1, -0.05) is 19.9 Å². The Hall–Kier alpha value is -3.02. The highest BCUT2D eigenvalue weighted by molar-refractivity contribution is 7.90. The predicted octanol–water partition coefficient (Wildman–Crippen LogP) is 3.35. The molecule has 2 N–H and O–H groups in total. The van der Waals surface area contributed by atoms with E-state index in [-0.39, 0.29) is 23.8 Å². The Morgan fingerprint density at radius 1 is 1.15 bits per heavy atom. The van der Waals surface area contributed by atoms with Crippen molar-refractivity contribution in [3.05, 3.63) is 42.2 Å². The number of benzene rings is 1. The Labute approximate surface area is 230 Å². The van der Waals surface area contributed by atoms with Crippen LogP contribution in [0.3, 0.4) is 0 Å². The molecule has 2 aliphatic heterocycles. The normalized spacial score (nSPS) is 23.8. The Balaban J connectivity index is 1.40. The number of fused-ring (bicyclic) bond motifs is 1. The fourth-order valence-corrected chi connectivity index (χ4v) is 6.84. The second kappa shape index (κ2) is 10.9. The number of nitrogens with zero attached hydrogens (tertiary/aromatic N) is 5. The van der Waals surface area contributed by atoms with E-state index in [9.17, 15) is 13.5 Å². The van der Waals surface area contributed by atoms with Gasteiger partial charge in [0.05, 0.1) is 11.9 Å². The number of aliphatic hydroxyl groups is 1. The van der Waals surface area contributed by atoms with E-state index in [0.717, 1.165) is 16.5 Å². The molecule has 0 amide bonds. The van der Waals surface area contributed by atoms with E-state index in [4.69, 9.17) is 14.7 Å². The zero-order valence-electron chi connectivity index (χ0n) is 23.2. The minimum Gasteiger partial charge on any atom is -0.390 e. The third-order valence-electron chi connectivity index (χ3n) is 7.97. The van der Waals surface area contributed by atoms with Crippen molar-refractivity contribution in [3.8, 4) is 0 Å². The number of pyridine rings is 1. The maximum absolute atomic E-state index is 11.8. The van der Waals surface area contributed by atoms with Gasteiger partial charge in [0, 0.05) is 68.4 Å². The summed E-state index contributed by atoms with van der Waals surface area (Å²) in [5.41, 5.74) is 2.30. The summed E-state index contributed by atoms with van der Waals surface area (Å²) in [5.74, 6) is 2.55. The van der Waals surface area contributed by atoms with Gasteiger partial charge in [-0.05, 0) is 48.4 Å². The van der Waals surface area contributed by atoms with Crippen molar-refractivity contribution in [3.63, 3.8) is 0 Å². The summed E-state index contributed by atoms with van der Waals surface area (Å²) in [7, 11) is -1.41. The first kappa shape index (κ1) is 27.5. The SMILES string of the molecule is CO[C@@H]1CN(c2nccc(Nc3cc4c(C(C)C)ccc(N5C[C@H](CS(C)(=O)=O)[C@H]5C)c4cn3)n2)CC[C@@H]1O. The van der Waals surface area contributed by atoms with Gasteiger partial charge < -0.3 is 25.0 Å². The van der Waals surface area contributed by atoms with Crippen molar-refractivity contribution >= 4 is 43.9 Å². The molecule has 2 saturated heterocycles. The van der Waals surface area contributed by atoms with Crippen molar-refractivity contribution in [2.45, 2.75) is 51.4 Å². The number of nitrogens with one attached hydrogen (secondary N) is 1. The highest BCUT2D eigenvalue weighted by Gasteiger charge is 2.38. The minimum atomic E-state index is -3.01. The number of sulfone groups is 1. The highest BCUT2D eigenvalue weighted by atomic mass is 32.2. The maximum atomic E-state index is 11.8. The van der Waals surface area contributed by atoms with Crippen LogP contribution >= 0.6 is 0 Å². The van der Waals surface area contributed by atoms with Crippen LogP contribution in [0, 0.1) is 5.92 Å². The van der Waals surface area contributed by atoms with Crippen molar-refractivity contribution in [1.82, 2.24) is 15.0 Å². The molecule has 2 aromatic heterocycles. The van der Waals surface area contributed by atoms with Crippen LogP contribution in [0.25, 0.3) is 10.8 Å². The van der Waals surface area contributed by atoms with E-state index in [1.807, 2.05) is 17.2 Å². The second-order valence-electron chi connectivity index (χ2n) is 11.1. The molecule has 10 nitrogen and oxygen atoms in total. The molecule has 0 spiro atoms. The van der Waals surface area contributed by atoms with Crippen LogP contribution in [0.15, 0.2) is 36.7 Å². The molecule has 39 heavy (non-hydrogen) atoms. The molecule has 210 valence electrons. The number of anilines is 4. The van der Waals surface area contributed by atoms with Gasteiger partial charge in [0.1, 0.15) is 27.6 Å². The lowest BCUT2D eigenvalue weighted by atomic mass is 9.88. The summed E-state index contributed by atoms with van der Waals surface area (Å²) >= 11 is 0. The van der Waals surface area contributed by atoms with Crippen molar-refractivity contribution in [2.75, 3.05) is 53.9 Å². The maximum Gasteiger partial charge on any atom is 0.227 e. The summed E-state index contributed by atoms with van der Waals surface area (Å²) in [6.07, 6.45) is 4.75. The van der Waals surface area contributed by atoms with Gasteiger partial charge in [-0.3, -0.25) is 0 Å². The number of hydrogen-bond acceptors (Lipinski definition) is 10. The van der Waals surface area contributed by atoms with Gasteiger partial charge in [0.2, 0.25) is 5.95 Å². The standard InChI is InChI=1S/C28H38N6O4S/c1-17(2)20-6-7-23(34-14-19(18(34)3)16-39(5,36)37)22-13-30-27(12-21(20)22)31-26-8-10-29-28(32-26)33-11-9-24(35)25(15-33)38-4/h6-8,10,12-13,17-19,24-25,35H,9,11,14-16H2,1-5H3,(H,29,30,31,32)/t18-,19-,24+,25-/m1/s1. The molecule has 11 heteroatoms. The molecule has 3 aromatic rings. The van der Waals surface area contributed by atoms with Gasteiger partial charge in [0.15, 0.2) is 0 Å². The average molecular weight is 555 g/mol. The van der Waals surface area contributed by atoms with Crippen LogP contribution in [0.5, 0.6) is 0 Å². The molecule has 0 radical (unpaired) electrons. The summed E-state index contributed by atoms with van der Waals surface area (Å²) in [6.45, 7) is 8.34. The van der Waals surface area contributed by atoms with Crippen LogP contribution < -0.4 is 15.1 Å². The number of methoxy groups -OCH3 is 1. The number of rotatable bonds is 8. The molecule has 1 aromatic carbocycles. The Bertz CT molecular complexity index is 1450. The van der Waals surface area contributed by atoms with Gasteiger partial charge in [-0.25, -0.2) is 18.4 Å². The van der Waals surface area contributed by atoms with Crippen LogP contribution in [-0.2, 0) is 14.6 Å². The van der Waals surface area contributed by atoms with E-state index in [2.05, 4.69) is 54.2 Å². The van der Waals surface area contributed by atoms with Crippen molar-refractivity contribution in [1.29, 1.82) is 0 Å². The molecule has 0 saturated carbocycles. The van der Waals surface area contributed by atoms with Gasteiger partial charge >= 0.3 is 0 Å². The lowest BCUT2D eigenvalue weighted by Gasteiger charge is -2.48. The summed E-state index contributed by atoms with van der Waals surface area (Å²) in [6, 6.07) is 8.32. The van der Waals surface area contributed by atoms with Crippen LogP contribution in [0.2, 0.25) is 0 Å². The number of aromatic nitrogens is 3. The van der Waals surface area contributed by atoms with Crippen LogP contribution in [0.4, 0.5) is 23.3 Å². The fourth-order valence-electron chi connectivity index (χ4n) is 5.67. The molecule has 0 unspecified atom stereocenters. The monoisotopic (exact) mass is 554 g/mol. The highest BCUT2D eigenvalue weighted by Crippen LogP contribution is 2.39. The van der Waals surface area contributed by atoms with Crippen LogP contribution in [0.1, 0.15) is 38.7 Å². The van der Waals surface area contributed by atoms with Crippen LogP contribution in [-0.4, -0.2) is 85.5 Å². The average Bonchev–Trinajstić information content (AvgIpc) is 2.90. The molecular formula is C28H38N6O4S. The quantitative estimate of drug-likeness (QED) is 0.429. The lowest BCUT2D eigenvalue weighted by molar-refractivity contribution is -0.0208. The molecular weight excluding hydrogens is 516 g/mol. The zero-order valence-corrected chi connectivity index (χ0v) is 24.0. The van der Waals surface area contributed by atoms with E-state index in [1.54, 1.807) is 13.3 Å². The predicted molar refractivity (Wildman–Crippen MR) is 155 cm³/mol. The number of aliphatic hydroxyl groups excluding tert-OH is 1. The molecule has 5 rings (SSSR count). The summed E-state index contributed by atoms with van der Waals surface area (Å²) in [4.78, 5) is 18.2. The molecule has 2 fully saturated rings. The van der Waals surface area contributed by atoms with E-state index in [0.29, 0.717) is 49.6 Å². The number of hydrogen-bond donors (Lipinski definition) is 2. The van der Waals surface area contributed by atoms with Gasteiger partial charge in [-0.2, -0.15) is 4.98 Å². The molecule has 4 atom stereocenters. The first-order valence-electron chi connectivity index (χ1n) is 13.5.